The van der Waals surface area contributed by atoms with Gasteiger partial charge in [0.15, 0.2) is 0 Å². The largest absolute Gasteiger partial charge is 0.337 e. The summed E-state index contributed by atoms with van der Waals surface area (Å²) in [6.45, 7) is 3.54. The number of carbonyl (C=O) groups excluding carboxylic acids is 1. The second-order valence-electron chi connectivity index (χ2n) is 5.32. The Morgan fingerprint density at radius 1 is 1.41 bits per heavy atom. The molecule has 1 aliphatic carbocycles. The Morgan fingerprint density at radius 3 is 2.71 bits per heavy atom. The van der Waals surface area contributed by atoms with E-state index in [2.05, 4.69) is 19.1 Å². The molecule has 0 N–H and O–H groups in total. The quantitative estimate of drug-likeness (QED) is 0.652. The molecule has 17 heavy (non-hydrogen) atoms. The third-order valence-corrected chi connectivity index (χ3v) is 3.95. The molecule has 0 saturated heterocycles. The van der Waals surface area contributed by atoms with Crippen LogP contribution in [0.3, 0.4) is 0 Å². The smallest absolute Gasteiger partial charge is 0.243 e. The summed E-state index contributed by atoms with van der Waals surface area (Å²) in [5.41, 5.74) is 0.532. The van der Waals surface area contributed by atoms with E-state index in [1.54, 1.807) is 0 Å². The Balaban J connectivity index is 2.12. The van der Waals surface area contributed by atoms with E-state index < -0.39 is 5.41 Å². The first-order valence-corrected chi connectivity index (χ1v) is 6.54. The van der Waals surface area contributed by atoms with E-state index in [-0.39, 0.29) is 5.91 Å². The van der Waals surface area contributed by atoms with Gasteiger partial charge in [0.2, 0.25) is 5.91 Å². The van der Waals surface area contributed by atoms with Gasteiger partial charge in [0.05, 0.1) is 6.07 Å². The number of hydrogen-bond donors (Lipinski definition) is 0. The number of nitrogens with zero attached hydrogens (tertiary/aromatic N) is 2. The lowest BCUT2D eigenvalue weighted by Crippen LogP contribution is -2.46. The predicted molar refractivity (Wildman–Crippen MR) is 66.1 cm³/mol. The molecular formula is C14H20N2O. The standard InChI is InChI=1S/C14H20N2O/c1-12-6-5-9-16(10-12)13(17)14(11-15)7-3-2-4-8-14/h6H,2-5,7-10H2,1H3. The lowest BCUT2D eigenvalue weighted by Gasteiger charge is -2.36. The van der Waals surface area contributed by atoms with Crippen molar-refractivity contribution in [3.63, 3.8) is 0 Å². The van der Waals surface area contributed by atoms with Crippen LogP contribution < -0.4 is 0 Å². The number of rotatable bonds is 1. The molecule has 3 heteroatoms. The van der Waals surface area contributed by atoms with Crippen LogP contribution in [0.5, 0.6) is 0 Å². The fourth-order valence-electron chi connectivity index (χ4n) is 2.92. The molecule has 2 aliphatic rings. The molecule has 92 valence electrons. The summed E-state index contributed by atoms with van der Waals surface area (Å²) in [7, 11) is 0. The SMILES string of the molecule is CC1=CCCN(C(=O)C2(C#N)CCCCC2)C1. The van der Waals surface area contributed by atoms with E-state index in [1.807, 2.05) is 4.90 Å². The molecule has 0 radical (unpaired) electrons. The Bertz CT molecular complexity index is 372. The van der Waals surface area contributed by atoms with Crippen molar-refractivity contribution in [3.8, 4) is 6.07 Å². The van der Waals surface area contributed by atoms with Crippen LogP contribution in [-0.2, 0) is 4.79 Å². The van der Waals surface area contributed by atoms with E-state index in [4.69, 9.17) is 0 Å². The van der Waals surface area contributed by atoms with Gasteiger partial charge in [0.25, 0.3) is 0 Å². The third kappa shape index (κ3) is 2.36. The highest BCUT2D eigenvalue weighted by atomic mass is 16.2. The van der Waals surface area contributed by atoms with Crippen molar-refractivity contribution < 1.29 is 4.79 Å². The van der Waals surface area contributed by atoms with Gasteiger partial charge in [-0.3, -0.25) is 4.79 Å². The molecule has 0 aromatic heterocycles. The van der Waals surface area contributed by atoms with Crippen molar-refractivity contribution in [2.45, 2.75) is 45.4 Å². The molecular weight excluding hydrogens is 212 g/mol. The van der Waals surface area contributed by atoms with Crippen molar-refractivity contribution in [1.29, 1.82) is 5.26 Å². The maximum atomic E-state index is 12.5. The van der Waals surface area contributed by atoms with Crippen LogP contribution in [-0.4, -0.2) is 23.9 Å². The molecule has 0 bridgehead atoms. The first-order valence-electron chi connectivity index (χ1n) is 6.54. The average Bonchev–Trinajstić information content (AvgIpc) is 2.38. The van der Waals surface area contributed by atoms with Gasteiger partial charge in [-0.1, -0.05) is 30.9 Å². The summed E-state index contributed by atoms with van der Waals surface area (Å²) in [6, 6.07) is 2.32. The summed E-state index contributed by atoms with van der Waals surface area (Å²) in [6.07, 6.45) is 7.81. The zero-order valence-electron chi connectivity index (χ0n) is 10.5. The normalized spacial score (nSPS) is 23.8. The fraction of sp³-hybridized carbons (Fsp3) is 0.714. The molecule has 0 atom stereocenters. The highest BCUT2D eigenvalue weighted by Gasteiger charge is 2.42. The van der Waals surface area contributed by atoms with E-state index in [0.717, 1.165) is 45.1 Å². The van der Waals surface area contributed by atoms with Gasteiger partial charge in [-0.25, -0.2) is 0 Å². The minimum absolute atomic E-state index is 0.0761. The zero-order valence-corrected chi connectivity index (χ0v) is 10.5. The monoisotopic (exact) mass is 232 g/mol. The Morgan fingerprint density at radius 2 is 2.12 bits per heavy atom. The van der Waals surface area contributed by atoms with Crippen LogP contribution in [0, 0.1) is 16.7 Å². The number of hydrogen-bond acceptors (Lipinski definition) is 2. The molecule has 1 saturated carbocycles. The molecule has 0 aromatic rings. The molecule has 2 rings (SSSR count). The number of nitriles is 1. The van der Waals surface area contributed by atoms with Crippen molar-refractivity contribution in [3.05, 3.63) is 11.6 Å². The van der Waals surface area contributed by atoms with Crippen molar-refractivity contribution in [2.75, 3.05) is 13.1 Å². The molecule has 1 heterocycles. The van der Waals surface area contributed by atoms with Crippen molar-refractivity contribution in [2.24, 2.45) is 5.41 Å². The lowest BCUT2D eigenvalue weighted by atomic mass is 9.74. The topological polar surface area (TPSA) is 44.1 Å². The Hall–Kier alpha value is -1.30. The summed E-state index contributed by atoms with van der Waals surface area (Å²) >= 11 is 0. The van der Waals surface area contributed by atoms with E-state index in [9.17, 15) is 10.1 Å². The molecule has 3 nitrogen and oxygen atoms in total. The highest BCUT2D eigenvalue weighted by Crippen LogP contribution is 2.37. The predicted octanol–water partition coefficient (Wildman–Crippen LogP) is 2.64. The van der Waals surface area contributed by atoms with Gasteiger partial charge >= 0.3 is 0 Å². The fourth-order valence-corrected chi connectivity index (χ4v) is 2.92. The van der Waals surface area contributed by atoms with Crippen LogP contribution >= 0.6 is 0 Å². The van der Waals surface area contributed by atoms with E-state index in [1.165, 1.54) is 5.57 Å². The second kappa shape index (κ2) is 4.91. The number of carbonyl (C=O) groups is 1. The lowest BCUT2D eigenvalue weighted by molar-refractivity contribution is -0.140. The maximum Gasteiger partial charge on any atom is 0.243 e. The van der Waals surface area contributed by atoms with Crippen LogP contribution in [0.4, 0.5) is 0 Å². The van der Waals surface area contributed by atoms with Gasteiger partial charge in [-0.2, -0.15) is 5.26 Å². The summed E-state index contributed by atoms with van der Waals surface area (Å²) in [5, 5.41) is 9.40. The average molecular weight is 232 g/mol. The van der Waals surface area contributed by atoms with Gasteiger partial charge in [0, 0.05) is 13.1 Å². The minimum atomic E-state index is -0.712. The van der Waals surface area contributed by atoms with Crippen LogP contribution in [0.1, 0.15) is 45.4 Å². The molecule has 0 unspecified atom stereocenters. The molecule has 0 aromatic carbocycles. The van der Waals surface area contributed by atoms with E-state index >= 15 is 0 Å². The molecule has 1 fully saturated rings. The van der Waals surface area contributed by atoms with Crippen LogP contribution in [0.25, 0.3) is 0 Å². The van der Waals surface area contributed by atoms with E-state index in [0.29, 0.717) is 6.54 Å². The maximum absolute atomic E-state index is 12.5. The summed E-state index contributed by atoms with van der Waals surface area (Å²) in [4.78, 5) is 14.4. The van der Waals surface area contributed by atoms with Crippen LogP contribution in [0.2, 0.25) is 0 Å². The molecule has 0 spiro atoms. The van der Waals surface area contributed by atoms with Gasteiger partial charge < -0.3 is 4.90 Å². The van der Waals surface area contributed by atoms with Gasteiger partial charge in [-0.05, 0) is 26.2 Å². The second-order valence-corrected chi connectivity index (χ2v) is 5.32. The van der Waals surface area contributed by atoms with Gasteiger partial charge in [-0.15, -0.1) is 0 Å². The molecule has 1 amide bonds. The highest BCUT2D eigenvalue weighted by molar-refractivity contribution is 5.86. The summed E-state index contributed by atoms with van der Waals surface area (Å²) in [5.74, 6) is 0.0761. The Labute approximate surface area is 103 Å². The van der Waals surface area contributed by atoms with Crippen molar-refractivity contribution in [1.82, 2.24) is 4.90 Å². The van der Waals surface area contributed by atoms with Gasteiger partial charge in [0.1, 0.15) is 5.41 Å². The third-order valence-electron chi connectivity index (χ3n) is 3.95. The summed E-state index contributed by atoms with van der Waals surface area (Å²) < 4.78 is 0. The zero-order chi connectivity index (χ0) is 12.3. The van der Waals surface area contributed by atoms with Crippen molar-refractivity contribution >= 4 is 5.91 Å². The minimum Gasteiger partial charge on any atom is -0.337 e. The first-order chi connectivity index (χ1) is 8.18. The van der Waals surface area contributed by atoms with Crippen LogP contribution in [0.15, 0.2) is 11.6 Å². The molecule has 1 aliphatic heterocycles. The Kier molecular flexibility index (Phi) is 3.51. The number of amides is 1. The first kappa shape index (κ1) is 12.2.